The molecular formula is C14H14ClNO3S2. The molecule has 0 saturated heterocycles. The van der Waals surface area contributed by atoms with Gasteiger partial charge in [-0.2, -0.15) is 4.31 Å². The molecule has 0 fully saturated rings. The summed E-state index contributed by atoms with van der Waals surface area (Å²) in [6, 6.07) is 8.54. The molecule has 1 aliphatic heterocycles. The lowest BCUT2D eigenvalue weighted by atomic mass is 10.1. The highest BCUT2D eigenvalue weighted by molar-refractivity contribution is 7.89. The zero-order valence-corrected chi connectivity index (χ0v) is 13.8. The fourth-order valence-electron chi connectivity index (χ4n) is 2.45. The van der Waals surface area contributed by atoms with Crippen LogP contribution in [-0.4, -0.2) is 26.4 Å². The van der Waals surface area contributed by atoms with Gasteiger partial charge < -0.3 is 4.74 Å². The third kappa shape index (κ3) is 2.68. The van der Waals surface area contributed by atoms with Crippen LogP contribution in [0.15, 0.2) is 35.2 Å². The van der Waals surface area contributed by atoms with Crippen molar-refractivity contribution in [3.63, 3.8) is 0 Å². The summed E-state index contributed by atoms with van der Waals surface area (Å²) in [7, 11) is -2.09. The zero-order chi connectivity index (χ0) is 15.0. The maximum absolute atomic E-state index is 12.8. The van der Waals surface area contributed by atoms with Crippen molar-refractivity contribution in [2.75, 3.05) is 13.7 Å². The highest BCUT2D eigenvalue weighted by atomic mass is 35.5. The van der Waals surface area contributed by atoms with Gasteiger partial charge in [0, 0.05) is 18.0 Å². The maximum Gasteiger partial charge on any atom is 0.247 e. The number of hydrogen-bond acceptors (Lipinski definition) is 4. The van der Waals surface area contributed by atoms with Gasteiger partial charge >= 0.3 is 0 Å². The van der Waals surface area contributed by atoms with Crippen LogP contribution in [-0.2, 0) is 23.0 Å². The molecule has 0 radical (unpaired) electrons. The van der Waals surface area contributed by atoms with E-state index >= 15 is 0 Å². The Hall–Kier alpha value is -1.08. The fourth-order valence-corrected chi connectivity index (χ4v) is 5.32. The molecule has 4 nitrogen and oxygen atoms in total. The second-order valence-electron chi connectivity index (χ2n) is 4.74. The molecule has 1 aromatic carbocycles. The lowest BCUT2D eigenvalue weighted by Gasteiger charge is -2.26. The number of fused-ring (bicyclic) bond motifs is 1. The van der Waals surface area contributed by atoms with E-state index < -0.39 is 10.0 Å². The van der Waals surface area contributed by atoms with Crippen molar-refractivity contribution in [3.8, 4) is 5.75 Å². The summed E-state index contributed by atoms with van der Waals surface area (Å²) < 4.78 is 33.0. The summed E-state index contributed by atoms with van der Waals surface area (Å²) in [5, 5.41) is 0. The highest BCUT2D eigenvalue weighted by Crippen LogP contribution is 2.34. The summed E-state index contributed by atoms with van der Waals surface area (Å²) in [5.74, 6) is 0.367. The molecule has 0 bridgehead atoms. The standard InChI is InChI=1S/C14H14ClNO3S2/c1-19-11-4-2-3-5-13(11)21(17,18)16-7-6-12-10(9-16)8-14(15)20-12/h2-5,8H,6-7,9H2,1H3. The Morgan fingerprint density at radius 1 is 1.33 bits per heavy atom. The zero-order valence-electron chi connectivity index (χ0n) is 11.4. The number of methoxy groups -OCH3 is 1. The molecule has 2 heterocycles. The number of para-hydroxylation sites is 1. The van der Waals surface area contributed by atoms with Gasteiger partial charge in [-0.1, -0.05) is 23.7 Å². The van der Waals surface area contributed by atoms with Crippen LogP contribution in [0.25, 0.3) is 0 Å². The third-order valence-electron chi connectivity index (χ3n) is 3.49. The molecular weight excluding hydrogens is 330 g/mol. The van der Waals surface area contributed by atoms with Crippen molar-refractivity contribution in [1.29, 1.82) is 0 Å². The molecule has 7 heteroatoms. The molecule has 3 rings (SSSR count). The second-order valence-corrected chi connectivity index (χ2v) is 8.41. The molecule has 0 spiro atoms. The first-order valence-electron chi connectivity index (χ1n) is 6.42. The van der Waals surface area contributed by atoms with E-state index in [1.54, 1.807) is 24.3 Å². The summed E-state index contributed by atoms with van der Waals surface area (Å²) in [5.41, 5.74) is 0.995. The molecule has 21 heavy (non-hydrogen) atoms. The summed E-state index contributed by atoms with van der Waals surface area (Å²) in [4.78, 5) is 1.38. The minimum absolute atomic E-state index is 0.206. The largest absolute Gasteiger partial charge is 0.495 e. The van der Waals surface area contributed by atoms with E-state index in [0.29, 0.717) is 29.6 Å². The van der Waals surface area contributed by atoms with Crippen LogP contribution in [0.4, 0.5) is 0 Å². The molecule has 0 unspecified atom stereocenters. The smallest absolute Gasteiger partial charge is 0.247 e. The van der Waals surface area contributed by atoms with Gasteiger partial charge in [0.25, 0.3) is 0 Å². The van der Waals surface area contributed by atoms with E-state index in [4.69, 9.17) is 16.3 Å². The Bertz CT molecular complexity index is 770. The Kier molecular flexibility index (Phi) is 3.96. The Labute approximate surface area is 133 Å². The number of halogens is 1. The Balaban J connectivity index is 1.96. The number of ether oxygens (including phenoxy) is 1. The Morgan fingerprint density at radius 3 is 2.86 bits per heavy atom. The average molecular weight is 344 g/mol. The van der Waals surface area contributed by atoms with Crippen molar-refractivity contribution in [2.45, 2.75) is 17.9 Å². The first-order valence-corrected chi connectivity index (χ1v) is 9.06. The van der Waals surface area contributed by atoms with Crippen LogP contribution >= 0.6 is 22.9 Å². The van der Waals surface area contributed by atoms with Crippen molar-refractivity contribution in [1.82, 2.24) is 4.31 Å². The number of hydrogen-bond donors (Lipinski definition) is 0. The van der Waals surface area contributed by atoms with Crippen LogP contribution in [0.1, 0.15) is 10.4 Å². The average Bonchev–Trinajstić information content (AvgIpc) is 2.86. The molecule has 1 aliphatic rings. The van der Waals surface area contributed by atoms with Crippen molar-refractivity contribution in [3.05, 3.63) is 45.1 Å². The summed E-state index contributed by atoms with van der Waals surface area (Å²) >= 11 is 7.53. The predicted octanol–water partition coefficient (Wildman–Crippen LogP) is 3.16. The van der Waals surface area contributed by atoms with Gasteiger partial charge in [-0.25, -0.2) is 8.42 Å². The van der Waals surface area contributed by atoms with Gasteiger partial charge in [0.1, 0.15) is 10.6 Å². The van der Waals surface area contributed by atoms with Gasteiger partial charge in [0.2, 0.25) is 10.0 Å². The lowest BCUT2D eigenvalue weighted by molar-refractivity contribution is 0.379. The van der Waals surface area contributed by atoms with Crippen molar-refractivity contribution < 1.29 is 13.2 Å². The van der Waals surface area contributed by atoms with Gasteiger partial charge in [0.05, 0.1) is 11.4 Å². The monoisotopic (exact) mass is 343 g/mol. The summed E-state index contributed by atoms with van der Waals surface area (Å²) in [6.07, 6.45) is 0.696. The highest BCUT2D eigenvalue weighted by Gasteiger charge is 2.31. The molecule has 1 aromatic heterocycles. The van der Waals surface area contributed by atoms with E-state index in [-0.39, 0.29) is 4.90 Å². The van der Waals surface area contributed by atoms with E-state index in [1.807, 2.05) is 6.07 Å². The Morgan fingerprint density at radius 2 is 2.10 bits per heavy atom. The third-order valence-corrected chi connectivity index (χ3v) is 6.74. The van der Waals surface area contributed by atoms with Crippen LogP contribution in [0.5, 0.6) is 5.75 Å². The van der Waals surface area contributed by atoms with Crippen molar-refractivity contribution >= 4 is 33.0 Å². The molecule has 0 N–H and O–H groups in total. The topological polar surface area (TPSA) is 46.6 Å². The lowest BCUT2D eigenvalue weighted by Crippen LogP contribution is -2.35. The number of nitrogens with zero attached hydrogens (tertiary/aromatic N) is 1. The fraction of sp³-hybridized carbons (Fsp3) is 0.286. The molecule has 0 atom stereocenters. The van der Waals surface area contributed by atoms with Gasteiger partial charge in [-0.15, -0.1) is 11.3 Å². The van der Waals surface area contributed by atoms with Crippen LogP contribution < -0.4 is 4.74 Å². The first-order chi connectivity index (χ1) is 10.0. The van der Waals surface area contributed by atoms with E-state index in [0.717, 1.165) is 5.56 Å². The second kappa shape index (κ2) is 5.61. The number of benzene rings is 1. The van der Waals surface area contributed by atoms with Crippen molar-refractivity contribution in [2.24, 2.45) is 0 Å². The predicted molar refractivity (Wildman–Crippen MR) is 83.6 cm³/mol. The molecule has 2 aromatic rings. The first kappa shape index (κ1) is 14.8. The normalized spacial score (nSPS) is 15.7. The quantitative estimate of drug-likeness (QED) is 0.860. The van der Waals surface area contributed by atoms with Crippen LogP contribution in [0.2, 0.25) is 4.34 Å². The number of thiophene rings is 1. The van der Waals surface area contributed by atoms with Crippen LogP contribution in [0, 0.1) is 0 Å². The van der Waals surface area contributed by atoms with E-state index in [9.17, 15) is 8.42 Å². The maximum atomic E-state index is 12.8. The molecule has 0 aliphatic carbocycles. The molecule has 0 amide bonds. The number of rotatable bonds is 3. The van der Waals surface area contributed by atoms with E-state index in [1.165, 1.54) is 27.6 Å². The summed E-state index contributed by atoms with van der Waals surface area (Å²) in [6.45, 7) is 0.823. The van der Waals surface area contributed by atoms with Crippen LogP contribution in [0.3, 0.4) is 0 Å². The molecule has 0 saturated carbocycles. The van der Waals surface area contributed by atoms with Gasteiger partial charge in [-0.05, 0) is 30.2 Å². The molecule has 112 valence electrons. The SMILES string of the molecule is COc1ccccc1S(=O)(=O)N1CCc2sc(Cl)cc2C1. The van der Waals surface area contributed by atoms with Gasteiger partial charge in [-0.3, -0.25) is 0 Å². The van der Waals surface area contributed by atoms with Gasteiger partial charge in [0.15, 0.2) is 0 Å². The minimum Gasteiger partial charge on any atom is -0.495 e. The number of sulfonamides is 1. The van der Waals surface area contributed by atoms with E-state index in [2.05, 4.69) is 0 Å². The minimum atomic E-state index is -3.57.